The Bertz CT molecular complexity index is 423. The summed E-state index contributed by atoms with van der Waals surface area (Å²) in [6, 6.07) is 5.46. The van der Waals surface area contributed by atoms with E-state index in [1.165, 1.54) is 31.2 Å². The van der Waals surface area contributed by atoms with Gasteiger partial charge in [-0.25, -0.2) is 0 Å². The number of nitrogens with one attached hydrogen (secondary N) is 1. The third-order valence-corrected chi connectivity index (χ3v) is 1.87. The van der Waals surface area contributed by atoms with E-state index in [4.69, 9.17) is 0 Å². The van der Waals surface area contributed by atoms with Crippen molar-refractivity contribution in [2.45, 2.75) is 13.1 Å². The van der Waals surface area contributed by atoms with Gasteiger partial charge in [0.1, 0.15) is 0 Å². The maximum absolute atomic E-state index is 12.3. The molecule has 0 aromatic heterocycles. The van der Waals surface area contributed by atoms with E-state index < -0.39 is 11.7 Å². The summed E-state index contributed by atoms with van der Waals surface area (Å²) >= 11 is 0. The number of amides is 1. The fraction of sp³-hybridized carbons (Fsp3) is 0.182. The summed E-state index contributed by atoms with van der Waals surface area (Å²) < 4.78 is 37.0. The molecule has 1 N–H and O–H groups in total. The topological polar surface area (TPSA) is 29.1 Å². The van der Waals surface area contributed by atoms with Crippen LogP contribution in [0, 0.1) is 0 Å². The molecule has 0 aliphatic carbocycles. The van der Waals surface area contributed by atoms with Crippen molar-refractivity contribution in [3.63, 3.8) is 0 Å². The van der Waals surface area contributed by atoms with Crippen molar-refractivity contribution in [3.05, 3.63) is 36.4 Å². The summed E-state index contributed by atoms with van der Waals surface area (Å²) in [5.41, 5.74) is -0.672. The molecule has 0 aliphatic heterocycles. The zero-order chi connectivity index (χ0) is 12.3. The molecule has 0 heterocycles. The third-order valence-electron chi connectivity index (χ3n) is 1.87. The predicted molar refractivity (Wildman–Crippen MR) is 55.8 cm³/mol. The van der Waals surface area contributed by atoms with Crippen molar-refractivity contribution in [1.82, 2.24) is 0 Å². The van der Waals surface area contributed by atoms with Crippen LogP contribution in [0.4, 0.5) is 18.9 Å². The van der Waals surface area contributed by atoms with Gasteiger partial charge in [0.2, 0.25) is 5.91 Å². The molecule has 16 heavy (non-hydrogen) atoms. The number of benzene rings is 1. The first-order valence-corrected chi connectivity index (χ1v) is 4.45. The molecule has 0 spiro atoms. The van der Waals surface area contributed by atoms with Gasteiger partial charge in [-0.15, -0.1) is 0 Å². The van der Waals surface area contributed by atoms with E-state index in [0.29, 0.717) is 5.69 Å². The van der Waals surface area contributed by atoms with Crippen LogP contribution in [0.3, 0.4) is 0 Å². The minimum atomic E-state index is -4.46. The van der Waals surface area contributed by atoms with Crippen LogP contribution in [0.15, 0.2) is 30.8 Å². The zero-order valence-electron chi connectivity index (χ0n) is 8.56. The van der Waals surface area contributed by atoms with E-state index in [1.807, 2.05) is 0 Å². The highest BCUT2D eigenvalue weighted by Crippen LogP contribution is 2.32. The van der Waals surface area contributed by atoms with Gasteiger partial charge in [0.15, 0.2) is 0 Å². The highest BCUT2D eigenvalue weighted by molar-refractivity contribution is 5.89. The number of allylic oxidation sites excluding steroid dienone is 1. The van der Waals surface area contributed by atoms with Crippen LogP contribution in [-0.4, -0.2) is 12.1 Å². The smallest absolute Gasteiger partial charge is 0.326 e. The molecule has 0 saturated heterocycles. The van der Waals surface area contributed by atoms with E-state index in [2.05, 4.69) is 11.9 Å². The largest absolute Gasteiger partial charge is 0.416 e. The molecule has 86 valence electrons. The molecule has 1 aromatic rings. The van der Waals surface area contributed by atoms with Crippen molar-refractivity contribution < 1.29 is 18.0 Å². The average molecular weight is 229 g/mol. The highest BCUT2D eigenvalue weighted by Gasteiger charge is 2.32. The van der Waals surface area contributed by atoms with Gasteiger partial charge >= 0.3 is 6.18 Å². The van der Waals surface area contributed by atoms with Crippen molar-refractivity contribution in [2.24, 2.45) is 0 Å². The average Bonchev–Trinajstić information content (AvgIpc) is 2.14. The first-order valence-electron chi connectivity index (χ1n) is 4.45. The van der Waals surface area contributed by atoms with E-state index in [9.17, 15) is 18.0 Å². The minimum Gasteiger partial charge on any atom is -0.326 e. The lowest BCUT2D eigenvalue weighted by Crippen LogP contribution is -2.10. The number of alkyl halides is 3. The quantitative estimate of drug-likeness (QED) is 0.828. The first kappa shape index (κ1) is 12.3. The van der Waals surface area contributed by atoms with Crippen LogP contribution < -0.4 is 5.32 Å². The van der Waals surface area contributed by atoms with Gasteiger partial charge in [0.25, 0.3) is 0 Å². The molecule has 0 atom stereocenters. The van der Waals surface area contributed by atoms with Gasteiger partial charge in [-0.2, -0.15) is 13.2 Å². The molecular formula is C11H10F3NO. The normalized spacial score (nSPS) is 11.0. The number of carbonyl (C=O) groups excluding carboxylic acids is 1. The fourth-order valence-corrected chi connectivity index (χ4v) is 1.15. The lowest BCUT2D eigenvalue weighted by Gasteiger charge is -2.11. The standard InChI is InChI=1S/C11H10F3NO/c1-7(11(12,13)14)9-4-3-5-10(6-9)15-8(2)16/h3-6H,1H2,2H3,(H,15,16). The molecule has 0 saturated carbocycles. The number of anilines is 1. The lowest BCUT2D eigenvalue weighted by atomic mass is 10.1. The Labute approximate surface area is 90.8 Å². The van der Waals surface area contributed by atoms with Crippen LogP contribution in [0.1, 0.15) is 12.5 Å². The Hall–Kier alpha value is -1.78. The number of rotatable bonds is 2. The maximum atomic E-state index is 12.3. The molecule has 5 heteroatoms. The lowest BCUT2D eigenvalue weighted by molar-refractivity contribution is -0.114. The Morgan fingerprint density at radius 2 is 2.00 bits per heavy atom. The minimum absolute atomic E-state index is 0.0567. The van der Waals surface area contributed by atoms with Crippen molar-refractivity contribution in [3.8, 4) is 0 Å². The first-order chi connectivity index (χ1) is 7.30. The highest BCUT2D eigenvalue weighted by atomic mass is 19.4. The third kappa shape index (κ3) is 3.12. The van der Waals surface area contributed by atoms with Gasteiger partial charge in [0, 0.05) is 12.6 Å². The van der Waals surface area contributed by atoms with Crippen molar-refractivity contribution >= 4 is 17.2 Å². The second-order valence-corrected chi connectivity index (χ2v) is 3.24. The van der Waals surface area contributed by atoms with E-state index >= 15 is 0 Å². The molecule has 1 rings (SSSR count). The van der Waals surface area contributed by atoms with Crippen LogP contribution in [0.5, 0.6) is 0 Å². The number of halogens is 3. The second-order valence-electron chi connectivity index (χ2n) is 3.24. The zero-order valence-corrected chi connectivity index (χ0v) is 8.56. The van der Waals surface area contributed by atoms with Crippen molar-refractivity contribution in [2.75, 3.05) is 5.32 Å². The summed E-state index contributed by atoms with van der Waals surface area (Å²) in [4.78, 5) is 10.7. The van der Waals surface area contributed by atoms with Crippen LogP contribution in [0.25, 0.3) is 5.57 Å². The summed E-state index contributed by atoms with van der Waals surface area (Å²) in [5.74, 6) is -0.338. The SMILES string of the molecule is C=C(c1cccc(NC(C)=O)c1)C(F)(F)F. The number of hydrogen-bond acceptors (Lipinski definition) is 1. The summed E-state index contributed by atoms with van der Waals surface area (Å²) in [7, 11) is 0. The monoisotopic (exact) mass is 229 g/mol. The molecule has 0 fully saturated rings. The summed E-state index contributed by atoms with van der Waals surface area (Å²) in [5, 5.41) is 2.40. The molecule has 0 bridgehead atoms. The van der Waals surface area contributed by atoms with E-state index in [1.54, 1.807) is 0 Å². The number of carbonyl (C=O) groups is 1. The fourth-order valence-electron chi connectivity index (χ4n) is 1.15. The molecule has 1 amide bonds. The Kier molecular flexibility index (Phi) is 3.37. The van der Waals surface area contributed by atoms with Gasteiger partial charge in [-0.3, -0.25) is 4.79 Å². The molecule has 0 radical (unpaired) electrons. The Morgan fingerprint density at radius 3 is 2.50 bits per heavy atom. The van der Waals surface area contributed by atoms with Crippen LogP contribution in [0.2, 0.25) is 0 Å². The van der Waals surface area contributed by atoms with Gasteiger partial charge in [-0.05, 0) is 17.7 Å². The predicted octanol–water partition coefficient (Wildman–Crippen LogP) is 3.22. The van der Waals surface area contributed by atoms with E-state index in [0.717, 1.165) is 0 Å². The van der Waals surface area contributed by atoms with Gasteiger partial charge in [-0.1, -0.05) is 18.7 Å². The number of hydrogen-bond donors (Lipinski definition) is 1. The molecule has 2 nitrogen and oxygen atoms in total. The second kappa shape index (κ2) is 4.38. The Balaban J connectivity index is 2.99. The maximum Gasteiger partial charge on any atom is 0.416 e. The van der Waals surface area contributed by atoms with Crippen molar-refractivity contribution in [1.29, 1.82) is 0 Å². The molecule has 0 unspecified atom stereocenters. The van der Waals surface area contributed by atoms with E-state index in [-0.39, 0.29) is 11.5 Å². The Morgan fingerprint density at radius 1 is 1.38 bits per heavy atom. The van der Waals surface area contributed by atoms with Crippen LogP contribution >= 0.6 is 0 Å². The summed E-state index contributed by atoms with van der Waals surface area (Å²) in [6.45, 7) is 4.26. The molecule has 1 aromatic carbocycles. The summed E-state index contributed by atoms with van der Waals surface area (Å²) in [6.07, 6.45) is -4.46. The van der Waals surface area contributed by atoms with Crippen LogP contribution in [-0.2, 0) is 4.79 Å². The molecular weight excluding hydrogens is 219 g/mol. The van der Waals surface area contributed by atoms with Gasteiger partial charge in [0.05, 0.1) is 5.57 Å². The molecule has 0 aliphatic rings. The van der Waals surface area contributed by atoms with Gasteiger partial charge < -0.3 is 5.32 Å².